The summed E-state index contributed by atoms with van der Waals surface area (Å²) in [6.07, 6.45) is 1.51. The minimum absolute atomic E-state index is 0.191. The molecular formula is C17H18Cl2FN3O3S. The first kappa shape index (κ1) is 21.6. The number of halogens is 3. The van der Waals surface area contributed by atoms with Crippen molar-refractivity contribution in [1.29, 1.82) is 4.78 Å². The van der Waals surface area contributed by atoms with E-state index in [4.69, 9.17) is 28.0 Å². The molecule has 3 atom stereocenters. The maximum absolute atomic E-state index is 13.2. The summed E-state index contributed by atoms with van der Waals surface area (Å²) in [6, 6.07) is 8.61. The predicted molar refractivity (Wildman–Crippen MR) is 103 cm³/mol. The smallest absolute Gasteiger partial charge is 0.253 e. The van der Waals surface area contributed by atoms with Crippen molar-refractivity contribution in [3.05, 3.63) is 48.2 Å². The second-order valence-corrected chi connectivity index (χ2v) is 9.07. The third-order valence-corrected chi connectivity index (χ3v) is 5.23. The molecule has 0 saturated heterocycles. The van der Waals surface area contributed by atoms with Crippen LogP contribution in [0.1, 0.15) is 11.7 Å². The fourth-order valence-corrected chi connectivity index (χ4v) is 3.04. The fraction of sp³-hybridized carbons (Fsp3) is 0.294. The van der Waals surface area contributed by atoms with Gasteiger partial charge in [0.2, 0.25) is 0 Å². The Morgan fingerprint density at radius 3 is 2.30 bits per heavy atom. The number of hydrogen-bond acceptors (Lipinski definition) is 5. The molecule has 1 amide bonds. The number of benzene rings is 1. The number of rotatable bonds is 7. The van der Waals surface area contributed by atoms with Gasteiger partial charge in [-0.2, -0.15) is 0 Å². The third-order valence-electron chi connectivity index (χ3n) is 3.79. The monoisotopic (exact) mass is 433 g/mol. The number of aliphatic hydroxyl groups is 1. The van der Waals surface area contributed by atoms with Crippen LogP contribution in [-0.2, 0) is 14.5 Å². The van der Waals surface area contributed by atoms with Gasteiger partial charge in [0.1, 0.15) is 17.8 Å². The number of nitrogens with zero attached hydrogens (tertiary/aromatic N) is 1. The number of nitrogens with one attached hydrogen (secondary N) is 2. The van der Waals surface area contributed by atoms with Crippen molar-refractivity contribution in [1.82, 2.24) is 10.3 Å². The summed E-state index contributed by atoms with van der Waals surface area (Å²) in [7, 11) is -2.88. The fourth-order valence-electron chi connectivity index (χ4n) is 2.33. The Balaban J connectivity index is 2.17. The van der Waals surface area contributed by atoms with E-state index in [1.807, 2.05) is 0 Å². The standard InChI is InChI=1S/C17H18Cl2FN3O3S/c1-27(21,26)14-7-6-12(9-22-14)10-2-4-11(5-3-10)15(24)13(8-20)23-17(25)16(18)19/h2-7,9,13,15-16,21,24H,8H2,1H3,(H,23,25)/t13-,15-,27?/m1/s1. The highest BCUT2D eigenvalue weighted by atomic mass is 35.5. The van der Waals surface area contributed by atoms with Crippen LogP contribution in [-0.4, -0.2) is 44.0 Å². The van der Waals surface area contributed by atoms with Crippen molar-refractivity contribution >= 4 is 38.8 Å². The minimum atomic E-state index is -2.88. The highest BCUT2D eigenvalue weighted by molar-refractivity contribution is 7.91. The number of carbonyl (C=O) groups is 1. The number of alkyl halides is 3. The summed E-state index contributed by atoms with van der Waals surface area (Å²) in [4.78, 5) is 14.2. The minimum Gasteiger partial charge on any atom is -0.386 e. The number of amides is 1. The van der Waals surface area contributed by atoms with E-state index in [0.717, 1.165) is 11.1 Å². The molecule has 1 unspecified atom stereocenters. The molecule has 146 valence electrons. The van der Waals surface area contributed by atoms with Gasteiger partial charge in [-0.15, -0.1) is 0 Å². The van der Waals surface area contributed by atoms with Crippen LogP contribution < -0.4 is 5.32 Å². The van der Waals surface area contributed by atoms with Crippen LogP contribution in [0.25, 0.3) is 11.1 Å². The van der Waals surface area contributed by atoms with Gasteiger partial charge >= 0.3 is 0 Å². The van der Waals surface area contributed by atoms with E-state index < -0.39 is 39.3 Å². The second kappa shape index (κ2) is 8.97. The van der Waals surface area contributed by atoms with E-state index in [1.165, 1.54) is 18.5 Å². The second-order valence-electron chi connectivity index (χ2n) is 5.87. The summed E-state index contributed by atoms with van der Waals surface area (Å²) < 4.78 is 32.4. The molecule has 6 nitrogen and oxygen atoms in total. The summed E-state index contributed by atoms with van der Waals surface area (Å²) in [5.41, 5.74) is 1.89. The molecule has 10 heteroatoms. The molecule has 1 aromatic heterocycles. The van der Waals surface area contributed by atoms with Crippen LogP contribution in [0.15, 0.2) is 47.6 Å². The lowest BCUT2D eigenvalue weighted by Crippen LogP contribution is -2.43. The first-order valence-electron chi connectivity index (χ1n) is 7.76. The highest BCUT2D eigenvalue weighted by Gasteiger charge is 2.25. The van der Waals surface area contributed by atoms with Crippen LogP contribution in [0.3, 0.4) is 0 Å². The molecule has 0 aliphatic rings. The van der Waals surface area contributed by atoms with Crippen molar-refractivity contribution < 1.29 is 18.5 Å². The number of hydrogen-bond donors (Lipinski definition) is 3. The molecule has 2 aromatic rings. The van der Waals surface area contributed by atoms with Crippen molar-refractivity contribution in [3.8, 4) is 11.1 Å². The first-order valence-corrected chi connectivity index (χ1v) is 10.6. The van der Waals surface area contributed by atoms with E-state index in [1.54, 1.807) is 30.3 Å². The van der Waals surface area contributed by atoms with Crippen molar-refractivity contribution in [2.24, 2.45) is 0 Å². The van der Waals surface area contributed by atoms with Crippen molar-refractivity contribution in [2.45, 2.75) is 22.0 Å². The zero-order valence-corrected chi connectivity index (χ0v) is 16.6. The van der Waals surface area contributed by atoms with E-state index in [2.05, 4.69) is 10.3 Å². The molecule has 1 heterocycles. The van der Waals surface area contributed by atoms with E-state index >= 15 is 0 Å². The molecule has 0 aliphatic heterocycles. The molecule has 1 aromatic carbocycles. The van der Waals surface area contributed by atoms with Gasteiger partial charge < -0.3 is 10.4 Å². The first-order chi connectivity index (χ1) is 12.6. The molecular weight excluding hydrogens is 416 g/mol. The van der Waals surface area contributed by atoms with Gasteiger partial charge in [-0.25, -0.2) is 18.4 Å². The zero-order valence-electron chi connectivity index (χ0n) is 14.2. The molecule has 27 heavy (non-hydrogen) atoms. The number of aromatic nitrogens is 1. The maximum atomic E-state index is 13.2. The van der Waals surface area contributed by atoms with E-state index in [0.29, 0.717) is 5.56 Å². The Morgan fingerprint density at radius 1 is 1.26 bits per heavy atom. The van der Waals surface area contributed by atoms with Crippen LogP contribution in [0, 0.1) is 4.78 Å². The van der Waals surface area contributed by atoms with Crippen molar-refractivity contribution in [2.75, 3.05) is 12.9 Å². The van der Waals surface area contributed by atoms with E-state index in [-0.39, 0.29) is 5.03 Å². The van der Waals surface area contributed by atoms with Crippen LogP contribution in [0.2, 0.25) is 0 Å². The summed E-state index contributed by atoms with van der Waals surface area (Å²) in [5.74, 6) is -0.787. The number of pyridine rings is 1. The Labute approximate surface area is 166 Å². The maximum Gasteiger partial charge on any atom is 0.253 e. The summed E-state index contributed by atoms with van der Waals surface area (Å²) >= 11 is 10.8. The van der Waals surface area contributed by atoms with Gasteiger partial charge in [0.05, 0.1) is 15.8 Å². The lowest BCUT2D eigenvalue weighted by molar-refractivity contribution is -0.121. The van der Waals surface area contributed by atoms with Gasteiger partial charge in [-0.1, -0.05) is 53.5 Å². The summed E-state index contributed by atoms with van der Waals surface area (Å²) in [6.45, 7) is -0.996. The molecule has 0 radical (unpaired) electrons. The molecule has 0 saturated carbocycles. The molecule has 3 N–H and O–H groups in total. The van der Waals surface area contributed by atoms with Gasteiger partial charge in [0.15, 0.2) is 4.84 Å². The summed E-state index contributed by atoms with van der Waals surface area (Å²) in [5, 5.41) is 12.7. The molecule has 0 aliphatic carbocycles. The van der Waals surface area contributed by atoms with Crippen LogP contribution >= 0.6 is 23.2 Å². The molecule has 2 rings (SSSR count). The lowest BCUT2D eigenvalue weighted by atomic mass is 9.99. The van der Waals surface area contributed by atoms with Gasteiger partial charge in [-0.3, -0.25) is 4.79 Å². The SMILES string of the molecule is CS(=N)(=O)c1ccc(-c2ccc([C@@H](O)[C@@H](CF)NC(=O)C(Cl)Cl)cc2)cn1. The number of aliphatic hydroxyl groups excluding tert-OH is 1. The molecule has 0 bridgehead atoms. The van der Waals surface area contributed by atoms with Gasteiger partial charge in [0, 0.05) is 18.0 Å². The zero-order chi connectivity index (χ0) is 20.2. The quantitative estimate of drug-likeness (QED) is 0.583. The average Bonchev–Trinajstić information content (AvgIpc) is 2.64. The largest absolute Gasteiger partial charge is 0.386 e. The topological polar surface area (TPSA) is 103 Å². The Kier molecular flexibility index (Phi) is 7.16. The van der Waals surface area contributed by atoms with Crippen LogP contribution in [0.5, 0.6) is 0 Å². The predicted octanol–water partition coefficient (Wildman–Crippen LogP) is 3.08. The molecule has 0 fully saturated rings. The average molecular weight is 434 g/mol. The van der Waals surface area contributed by atoms with Gasteiger partial charge in [0.25, 0.3) is 5.91 Å². The highest BCUT2D eigenvalue weighted by Crippen LogP contribution is 2.24. The molecule has 0 spiro atoms. The Morgan fingerprint density at radius 2 is 1.85 bits per heavy atom. The van der Waals surface area contributed by atoms with Gasteiger partial charge in [-0.05, 0) is 17.2 Å². The Hall–Kier alpha value is -1.74. The Bertz CT molecular complexity index is 891. The van der Waals surface area contributed by atoms with E-state index in [9.17, 15) is 18.5 Å². The number of carbonyl (C=O) groups excluding carboxylic acids is 1. The third kappa shape index (κ3) is 5.62. The van der Waals surface area contributed by atoms with Crippen molar-refractivity contribution in [3.63, 3.8) is 0 Å². The normalized spacial score (nSPS) is 15.8. The lowest BCUT2D eigenvalue weighted by Gasteiger charge is -2.22. The van der Waals surface area contributed by atoms with Crippen LogP contribution in [0.4, 0.5) is 4.39 Å².